The van der Waals surface area contributed by atoms with Crippen LogP contribution in [-0.2, 0) is 0 Å². The highest BCUT2D eigenvalue weighted by Gasteiger charge is 2.29. The first-order valence-electron chi connectivity index (χ1n) is 11.7. The molecule has 4 heterocycles. The molecule has 8 nitrogen and oxygen atoms in total. The lowest BCUT2D eigenvalue weighted by molar-refractivity contribution is 0.444. The molecule has 1 atom stereocenters. The third-order valence-electron chi connectivity index (χ3n) is 6.66. The fraction of sp³-hybridized carbons (Fsp3) is 0.231. The van der Waals surface area contributed by atoms with Gasteiger partial charge in [-0.1, -0.05) is 18.2 Å². The van der Waals surface area contributed by atoms with E-state index < -0.39 is 23.1 Å². The number of fused-ring (bicyclic) bond motifs is 2. The van der Waals surface area contributed by atoms with E-state index in [0.717, 1.165) is 25.9 Å². The maximum absolute atomic E-state index is 14.7. The molecule has 1 aliphatic rings. The van der Waals surface area contributed by atoms with Crippen molar-refractivity contribution in [2.75, 3.05) is 23.7 Å². The van der Waals surface area contributed by atoms with Gasteiger partial charge < -0.3 is 15.1 Å². The van der Waals surface area contributed by atoms with E-state index in [1.54, 1.807) is 17.7 Å². The summed E-state index contributed by atoms with van der Waals surface area (Å²) in [5.74, 6) is -0.0695. The average Bonchev–Trinajstić information content (AvgIpc) is 3.52. The Morgan fingerprint density at radius 3 is 2.61 bits per heavy atom. The summed E-state index contributed by atoms with van der Waals surface area (Å²) in [6, 6.07) is 9.12. The van der Waals surface area contributed by atoms with Crippen LogP contribution in [-0.4, -0.2) is 32.8 Å². The van der Waals surface area contributed by atoms with Crippen molar-refractivity contribution >= 4 is 33.6 Å². The molecule has 36 heavy (non-hydrogen) atoms. The first-order chi connectivity index (χ1) is 17.4. The molecule has 5 aromatic rings. The number of anilines is 2. The zero-order valence-electron chi connectivity index (χ0n) is 19.4. The number of rotatable bonds is 4. The third-order valence-corrected chi connectivity index (χ3v) is 6.66. The molecule has 2 N–H and O–H groups in total. The summed E-state index contributed by atoms with van der Waals surface area (Å²) in [6.45, 7) is 3.45. The van der Waals surface area contributed by atoms with Crippen LogP contribution < -0.4 is 16.1 Å². The molecule has 1 fully saturated rings. The fourth-order valence-electron chi connectivity index (χ4n) is 4.94. The zero-order chi connectivity index (χ0) is 25.0. The molecule has 182 valence electrons. The number of hydrogen-bond donors (Lipinski definition) is 1. The summed E-state index contributed by atoms with van der Waals surface area (Å²) in [4.78, 5) is 24.4. The molecule has 1 saturated heterocycles. The van der Waals surface area contributed by atoms with Crippen molar-refractivity contribution in [3.8, 4) is 11.1 Å². The van der Waals surface area contributed by atoms with E-state index in [1.165, 1.54) is 42.7 Å². The SMILES string of the molecule is CC(c1oc2cccc(F)c2c(=O)c1-c1cccc(F)c1)n1nc(N2CCCC2)c2c(N)ncnc21. The number of benzene rings is 2. The van der Waals surface area contributed by atoms with Crippen molar-refractivity contribution in [1.29, 1.82) is 0 Å². The maximum Gasteiger partial charge on any atom is 0.203 e. The van der Waals surface area contributed by atoms with E-state index in [2.05, 4.69) is 14.9 Å². The van der Waals surface area contributed by atoms with Crippen LogP contribution in [0, 0.1) is 11.6 Å². The molecule has 0 aliphatic carbocycles. The van der Waals surface area contributed by atoms with Crippen LogP contribution in [0.4, 0.5) is 20.4 Å². The lowest BCUT2D eigenvalue weighted by atomic mass is 9.99. The largest absolute Gasteiger partial charge is 0.458 e. The van der Waals surface area contributed by atoms with Gasteiger partial charge in [-0.2, -0.15) is 5.10 Å². The van der Waals surface area contributed by atoms with E-state index in [1.807, 2.05) is 0 Å². The Balaban J connectivity index is 1.64. The third kappa shape index (κ3) is 3.40. The van der Waals surface area contributed by atoms with Crippen LogP contribution >= 0.6 is 0 Å². The quantitative estimate of drug-likeness (QED) is 0.392. The fourth-order valence-corrected chi connectivity index (χ4v) is 4.94. The highest BCUT2D eigenvalue weighted by molar-refractivity contribution is 5.96. The summed E-state index contributed by atoms with van der Waals surface area (Å²) in [7, 11) is 0. The number of nitrogens with zero attached hydrogens (tertiary/aromatic N) is 5. The number of hydrogen-bond acceptors (Lipinski definition) is 7. The van der Waals surface area contributed by atoms with E-state index >= 15 is 0 Å². The Bertz CT molecular complexity index is 1690. The lowest BCUT2D eigenvalue weighted by Crippen LogP contribution is -2.20. The molecule has 1 aliphatic heterocycles. The monoisotopic (exact) mass is 488 g/mol. The van der Waals surface area contributed by atoms with Crippen LogP contribution in [0.5, 0.6) is 0 Å². The molecule has 6 rings (SSSR count). The summed E-state index contributed by atoms with van der Waals surface area (Å²) in [5.41, 5.74) is 6.56. The molecule has 0 saturated carbocycles. The predicted molar refractivity (Wildman–Crippen MR) is 133 cm³/mol. The van der Waals surface area contributed by atoms with Gasteiger partial charge in [0.1, 0.15) is 51.9 Å². The molecule has 1 unspecified atom stereocenters. The Morgan fingerprint density at radius 1 is 1.06 bits per heavy atom. The van der Waals surface area contributed by atoms with Crippen molar-refractivity contribution in [2.45, 2.75) is 25.8 Å². The van der Waals surface area contributed by atoms with Crippen molar-refractivity contribution in [1.82, 2.24) is 19.7 Å². The first kappa shape index (κ1) is 22.1. The van der Waals surface area contributed by atoms with Gasteiger partial charge in [-0.3, -0.25) is 4.79 Å². The van der Waals surface area contributed by atoms with Gasteiger partial charge in [0.05, 0.1) is 5.56 Å². The van der Waals surface area contributed by atoms with E-state index in [0.29, 0.717) is 22.7 Å². The molecular weight excluding hydrogens is 466 g/mol. The minimum absolute atomic E-state index is 0.0630. The number of nitrogen functional groups attached to an aromatic ring is 1. The van der Waals surface area contributed by atoms with Gasteiger partial charge in [0.25, 0.3) is 0 Å². The highest BCUT2D eigenvalue weighted by Crippen LogP contribution is 2.36. The molecule has 10 heteroatoms. The minimum Gasteiger partial charge on any atom is -0.458 e. The number of halogens is 2. The van der Waals surface area contributed by atoms with Crippen LogP contribution in [0.1, 0.15) is 31.6 Å². The van der Waals surface area contributed by atoms with Gasteiger partial charge in [-0.15, -0.1) is 0 Å². The van der Waals surface area contributed by atoms with Gasteiger partial charge in [0.15, 0.2) is 11.5 Å². The van der Waals surface area contributed by atoms with E-state index in [4.69, 9.17) is 15.2 Å². The first-order valence-corrected chi connectivity index (χ1v) is 11.7. The standard InChI is InChI=1S/C26H22F2N6O2/c1-14(34-25-21(24(29)30-13-31-25)26(32-34)33-10-2-3-11-33)23-19(15-6-4-7-16(27)12-15)22(35)20-17(28)8-5-9-18(20)36-23/h4-9,12-14H,2-3,10-11H2,1H3,(H2,29,30,31). The molecule has 0 spiro atoms. The number of aromatic nitrogens is 4. The second-order valence-corrected chi connectivity index (χ2v) is 8.89. The molecular formula is C26H22F2N6O2. The Kier molecular flexibility index (Phi) is 5.17. The summed E-state index contributed by atoms with van der Waals surface area (Å²) < 4.78 is 36.7. The molecule has 0 amide bonds. The van der Waals surface area contributed by atoms with Crippen LogP contribution in [0.25, 0.3) is 33.1 Å². The van der Waals surface area contributed by atoms with Crippen molar-refractivity contribution < 1.29 is 13.2 Å². The van der Waals surface area contributed by atoms with Crippen LogP contribution in [0.15, 0.2) is 58.0 Å². The van der Waals surface area contributed by atoms with Gasteiger partial charge in [-0.25, -0.2) is 23.4 Å². The maximum atomic E-state index is 14.7. The Labute approximate surface area is 204 Å². The van der Waals surface area contributed by atoms with Crippen molar-refractivity contribution in [3.05, 3.63) is 76.4 Å². The molecule has 0 bridgehead atoms. The zero-order valence-corrected chi connectivity index (χ0v) is 19.4. The number of nitrogens with two attached hydrogens (primary N) is 1. The van der Waals surface area contributed by atoms with E-state index in [-0.39, 0.29) is 27.9 Å². The van der Waals surface area contributed by atoms with Crippen LogP contribution in [0.3, 0.4) is 0 Å². The predicted octanol–water partition coefficient (Wildman–Crippen LogP) is 4.67. The van der Waals surface area contributed by atoms with Gasteiger partial charge in [0.2, 0.25) is 5.43 Å². The second-order valence-electron chi connectivity index (χ2n) is 8.89. The second kappa shape index (κ2) is 8.40. The molecule has 2 aromatic carbocycles. The smallest absolute Gasteiger partial charge is 0.203 e. The Hall–Kier alpha value is -4.34. The van der Waals surface area contributed by atoms with Gasteiger partial charge in [0, 0.05) is 13.1 Å². The van der Waals surface area contributed by atoms with Crippen molar-refractivity contribution in [3.63, 3.8) is 0 Å². The molecule has 0 radical (unpaired) electrons. The van der Waals surface area contributed by atoms with Gasteiger partial charge >= 0.3 is 0 Å². The van der Waals surface area contributed by atoms with E-state index in [9.17, 15) is 13.6 Å². The average molecular weight is 488 g/mol. The van der Waals surface area contributed by atoms with Crippen molar-refractivity contribution in [2.24, 2.45) is 0 Å². The normalized spacial score (nSPS) is 14.7. The summed E-state index contributed by atoms with van der Waals surface area (Å²) in [6.07, 6.45) is 3.43. The summed E-state index contributed by atoms with van der Waals surface area (Å²) in [5, 5.41) is 5.26. The highest BCUT2D eigenvalue weighted by atomic mass is 19.1. The molecule has 3 aromatic heterocycles. The minimum atomic E-state index is -0.709. The Morgan fingerprint density at radius 2 is 1.83 bits per heavy atom. The lowest BCUT2D eigenvalue weighted by Gasteiger charge is -2.18. The topological polar surface area (TPSA) is 103 Å². The van der Waals surface area contributed by atoms with Gasteiger partial charge in [-0.05, 0) is 49.6 Å². The summed E-state index contributed by atoms with van der Waals surface area (Å²) >= 11 is 0. The van der Waals surface area contributed by atoms with Crippen LogP contribution in [0.2, 0.25) is 0 Å².